The third-order valence-corrected chi connectivity index (χ3v) is 1.79. The van der Waals surface area contributed by atoms with Crippen LogP contribution in [0.2, 0.25) is 5.22 Å². The molecular formula is C10H16ClNO. The first-order chi connectivity index (χ1) is 5.97. The summed E-state index contributed by atoms with van der Waals surface area (Å²) in [7, 11) is 0. The number of hydrogen-bond donors (Lipinski definition) is 1. The summed E-state index contributed by atoms with van der Waals surface area (Å²) in [5.74, 6) is 0.884. The summed E-state index contributed by atoms with van der Waals surface area (Å²) in [6, 6.07) is 3.65. The molecule has 13 heavy (non-hydrogen) atoms. The zero-order chi connectivity index (χ0) is 9.90. The lowest BCUT2D eigenvalue weighted by Gasteiger charge is -2.18. The van der Waals surface area contributed by atoms with Gasteiger partial charge in [0.25, 0.3) is 0 Å². The first kappa shape index (κ1) is 10.6. The summed E-state index contributed by atoms with van der Waals surface area (Å²) in [6.07, 6.45) is 0. The fraction of sp³-hybridized carbons (Fsp3) is 0.600. The Labute approximate surface area is 84.3 Å². The molecule has 2 nitrogen and oxygen atoms in total. The van der Waals surface area contributed by atoms with E-state index in [1.54, 1.807) is 6.07 Å². The standard InChI is InChI=1S/C10H16ClNO/c1-10(2,3)7-12-6-8-4-5-9(11)13-8/h4-5,12H,6-7H2,1-3H3. The van der Waals surface area contributed by atoms with Gasteiger partial charge >= 0.3 is 0 Å². The molecule has 0 saturated heterocycles. The molecular weight excluding hydrogens is 186 g/mol. The molecule has 1 aromatic heterocycles. The van der Waals surface area contributed by atoms with Crippen LogP contribution in [0.5, 0.6) is 0 Å². The summed E-state index contributed by atoms with van der Waals surface area (Å²) in [6.45, 7) is 8.27. The van der Waals surface area contributed by atoms with Gasteiger partial charge in [0.2, 0.25) is 0 Å². The Morgan fingerprint density at radius 3 is 2.54 bits per heavy atom. The van der Waals surface area contributed by atoms with Gasteiger partial charge in [-0.15, -0.1) is 0 Å². The molecule has 3 heteroatoms. The number of rotatable bonds is 3. The molecule has 0 saturated carbocycles. The fourth-order valence-corrected chi connectivity index (χ4v) is 1.17. The third kappa shape index (κ3) is 4.34. The predicted octanol–water partition coefficient (Wildman–Crippen LogP) is 3.07. The Kier molecular flexibility index (Phi) is 3.40. The van der Waals surface area contributed by atoms with Gasteiger partial charge in [0.05, 0.1) is 6.54 Å². The molecule has 0 aliphatic carbocycles. The molecule has 1 rings (SSSR count). The minimum atomic E-state index is 0.302. The van der Waals surface area contributed by atoms with Crippen LogP contribution in [0.4, 0.5) is 0 Å². The van der Waals surface area contributed by atoms with Crippen LogP contribution in [0.3, 0.4) is 0 Å². The lowest BCUT2D eigenvalue weighted by molar-refractivity contribution is 0.367. The number of halogens is 1. The van der Waals surface area contributed by atoms with Crippen LogP contribution in [0.25, 0.3) is 0 Å². The Hall–Kier alpha value is -0.470. The minimum Gasteiger partial charge on any atom is -0.448 e. The summed E-state index contributed by atoms with van der Waals surface area (Å²) in [5, 5.41) is 3.75. The van der Waals surface area contributed by atoms with Gasteiger partial charge in [0.1, 0.15) is 5.76 Å². The average molecular weight is 202 g/mol. The highest BCUT2D eigenvalue weighted by Gasteiger charge is 2.09. The number of hydrogen-bond acceptors (Lipinski definition) is 2. The summed E-state index contributed by atoms with van der Waals surface area (Å²) >= 11 is 5.63. The van der Waals surface area contributed by atoms with E-state index in [9.17, 15) is 0 Å². The fourth-order valence-electron chi connectivity index (χ4n) is 1.01. The Morgan fingerprint density at radius 2 is 2.08 bits per heavy atom. The van der Waals surface area contributed by atoms with Crippen LogP contribution in [0.1, 0.15) is 26.5 Å². The van der Waals surface area contributed by atoms with E-state index in [-0.39, 0.29) is 0 Å². The van der Waals surface area contributed by atoms with Crippen molar-refractivity contribution in [2.45, 2.75) is 27.3 Å². The van der Waals surface area contributed by atoms with Gasteiger partial charge in [0.15, 0.2) is 5.22 Å². The molecule has 0 aliphatic rings. The molecule has 0 aromatic carbocycles. The van der Waals surface area contributed by atoms with Crippen LogP contribution < -0.4 is 5.32 Å². The van der Waals surface area contributed by atoms with E-state index >= 15 is 0 Å². The number of furan rings is 1. The molecule has 0 atom stereocenters. The zero-order valence-corrected chi connectivity index (χ0v) is 9.11. The van der Waals surface area contributed by atoms with E-state index in [1.165, 1.54) is 0 Å². The lowest BCUT2D eigenvalue weighted by Crippen LogP contribution is -2.26. The highest BCUT2D eigenvalue weighted by molar-refractivity contribution is 6.28. The van der Waals surface area contributed by atoms with Crippen LogP contribution in [0.15, 0.2) is 16.5 Å². The second-order valence-electron chi connectivity index (χ2n) is 4.37. The topological polar surface area (TPSA) is 25.2 Å². The monoisotopic (exact) mass is 201 g/mol. The van der Waals surface area contributed by atoms with Crippen LogP contribution in [-0.2, 0) is 6.54 Å². The molecule has 0 spiro atoms. The second-order valence-corrected chi connectivity index (χ2v) is 4.74. The van der Waals surface area contributed by atoms with Gasteiger partial charge < -0.3 is 9.73 Å². The highest BCUT2D eigenvalue weighted by atomic mass is 35.5. The first-order valence-corrected chi connectivity index (χ1v) is 4.80. The molecule has 1 aromatic rings. The summed E-state index contributed by atoms with van der Waals surface area (Å²) in [5.41, 5.74) is 0.302. The molecule has 0 amide bonds. The molecule has 74 valence electrons. The van der Waals surface area contributed by atoms with E-state index in [0.29, 0.717) is 10.6 Å². The van der Waals surface area contributed by atoms with Crippen LogP contribution in [-0.4, -0.2) is 6.54 Å². The van der Waals surface area contributed by atoms with Crippen molar-refractivity contribution in [3.8, 4) is 0 Å². The SMILES string of the molecule is CC(C)(C)CNCc1ccc(Cl)o1. The van der Waals surface area contributed by atoms with Gasteiger partial charge in [-0.1, -0.05) is 20.8 Å². The third-order valence-electron chi connectivity index (χ3n) is 1.58. The Bertz CT molecular complexity index is 262. The summed E-state index contributed by atoms with van der Waals surface area (Å²) in [4.78, 5) is 0. The van der Waals surface area contributed by atoms with E-state index in [2.05, 4.69) is 26.1 Å². The molecule has 0 radical (unpaired) electrons. The van der Waals surface area contributed by atoms with Gasteiger partial charge in [-0.3, -0.25) is 0 Å². The number of nitrogens with one attached hydrogen (secondary N) is 1. The maximum absolute atomic E-state index is 5.63. The molecule has 0 unspecified atom stereocenters. The van der Waals surface area contributed by atoms with Crippen molar-refractivity contribution in [1.29, 1.82) is 0 Å². The zero-order valence-electron chi connectivity index (χ0n) is 8.36. The highest BCUT2D eigenvalue weighted by Crippen LogP contribution is 2.14. The molecule has 1 heterocycles. The van der Waals surface area contributed by atoms with Crippen molar-refractivity contribution in [2.75, 3.05) is 6.54 Å². The normalized spacial score (nSPS) is 12.0. The van der Waals surface area contributed by atoms with Gasteiger partial charge in [-0.2, -0.15) is 0 Å². The summed E-state index contributed by atoms with van der Waals surface area (Å²) < 4.78 is 5.20. The smallest absolute Gasteiger partial charge is 0.193 e. The van der Waals surface area contributed by atoms with Gasteiger partial charge in [-0.05, 0) is 29.1 Å². The van der Waals surface area contributed by atoms with E-state index in [4.69, 9.17) is 16.0 Å². The molecule has 1 N–H and O–H groups in total. The van der Waals surface area contributed by atoms with Crippen molar-refractivity contribution < 1.29 is 4.42 Å². The maximum atomic E-state index is 5.63. The molecule has 0 aliphatic heterocycles. The van der Waals surface area contributed by atoms with Crippen molar-refractivity contribution in [3.05, 3.63) is 23.1 Å². The minimum absolute atomic E-state index is 0.302. The van der Waals surface area contributed by atoms with E-state index < -0.39 is 0 Å². The van der Waals surface area contributed by atoms with Crippen molar-refractivity contribution >= 4 is 11.6 Å². The van der Waals surface area contributed by atoms with Crippen LogP contribution >= 0.6 is 11.6 Å². The Balaban J connectivity index is 2.28. The van der Waals surface area contributed by atoms with Crippen molar-refractivity contribution in [3.63, 3.8) is 0 Å². The largest absolute Gasteiger partial charge is 0.448 e. The van der Waals surface area contributed by atoms with Crippen molar-refractivity contribution in [2.24, 2.45) is 5.41 Å². The molecule has 0 fully saturated rings. The van der Waals surface area contributed by atoms with Crippen molar-refractivity contribution in [1.82, 2.24) is 5.32 Å². The van der Waals surface area contributed by atoms with Gasteiger partial charge in [-0.25, -0.2) is 0 Å². The van der Waals surface area contributed by atoms with E-state index in [0.717, 1.165) is 18.8 Å². The maximum Gasteiger partial charge on any atom is 0.193 e. The first-order valence-electron chi connectivity index (χ1n) is 4.42. The van der Waals surface area contributed by atoms with E-state index in [1.807, 2.05) is 6.07 Å². The predicted molar refractivity (Wildman–Crippen MR) is 54.9 cm³/mol. The van der Waals surface area contributed by atoms with Crippen LogP contribution in [0, 0.1) is 5.41 Å². The lowest BCUT2D eigenvalue weighted by atomic mass is 9.97. The molecule has 0 bridgehead atoms. The average Bonchev–Trinajstić information content (AvgIpc) is 2.33. The Morgan fingerprint density at radius 1 is 1.38 bits per heavy atom. The second kappa shape index (κ2) is 4.16. The quantitative estimate of drug-likeness (QED) is 0.813. The van der Waals surface area contributed by atoms with Gasteiger partial charge in [0, 0.05) is 6.54 Å².